The molecule has 20 heavy (non-hydrogen) atoms. The third-order valence-corrected chi connectivity index (χ3v) is 6.02. The van der Waals surface area contributed by atoms with Crippen molar-refractivity contribution in [2.45, 2.75) is 29.5 Å². The van der Waals surface area contributed by atoms with Crippen molar-refractivity contribution in [2.75, 3.05) is 13.2 Å². The molecule has 0 amide bonds. The highest BCUT2D eigenvalue weighted by Gasteiger charge is 2.33. The lowest BCUT2D eigenvalue weighted by atomic mass is 10.0. The second-order valence-corrected chi connectivity index (χ2v) is 7.42. The summed E-state index contributed by atoms with van der Waals surface area (Å²) in [7, 11) is -3.91. The zero-order valence-electron chi connectivity index (χ0n) is 10.9. The largest absolute Gasteiger partial charge is 0.481 e. The van der Waals surface area contributed by atoms with Crippen LogP contribution in [0.4, 0.5) is 0 Å². The van der Waals surface area contributed by atoms with Gasteiger partial charge in [-0.25, -0.2) is 8.42 Å². The summed E-state index contributed by atoms with van der Waals surface area (Å²) in [4.78, 5) is 11.0. The van der Waals surface area contributed by atoms with E-state index in [1.54, 1.807) is 6.92 Å². The average Bonchev–Trinajstić information content (AvgIpc) is 2.84. The maximum absolute atomic E-state index is 12.2. The van der Waals surface area contributed by atoms with Crippen LogP contribution in [0, 0.1) is 0 Å². The highest BCUT2D eigenvalue weighted by molar-refractivity contribution is 7.91. The molecule has 0 spiro atoms. The van der Waals surface area contributed by atoms with E-state index < -0.39 is 34.7 Å². The summed E-state index contributed by atoms with van der Waals surface area (Å²) in [6.45, 7) is 0.568. The minimum Gasteiger partial charge on any atom is -0.481 e. The third-order valence-electron chi connectivity index (χ3n) is 2.86. The van der Waals surface area contributed by atoms with Crippen LogP contribution in [0.5, 0.6) is 0 Å². The number of hydrogen-bond acceptors (Lipinski definition) is 6. The van der Waals surface area contributed by atoms with Crippen LogP contribution in [0.25, 0.3) is 0 Å². The lowest BCUT2D eigenvalue weighted by Gasteiger charge is -2.28. The van der Waals surface area contributed by atoms with Crippen molar-refractivity contribution in [2.24, 2.45) is 0 Å². The lowest BCUT2D eigenvalue weighted by Crippen LogP contribution is -2.53. The first-order valence-electron chi connectivity index (χ1n) is 5.85. The summed E-state index contributed by atoms with van der Waals surface area (Å²) in [5.41, 5.74) is -1.32. The summed E-state index contributed by atoms with van der Waals surface area (Å²) in [5.74, 6) is -1.04. The number of rotatable bonds is 8. The number of nitrogens with one attached hydrogen (secondary N) is 1. The molecule has 0 saturated heterocycles. The Bertz CT molecular complexity index is 553. The molecule has 0 aliphatic heterocycles. The Kier molecular flexibility index (Phi) is 5.66. The molecular weight excluding hydrogens is 306 g/mol. The molecule has 0 atom stereocenters. The molecule has 0 aliphatic carbocycles. The number of hydrogen-bond donors (Lipinski definition) is 4. The molecular formula is C11H17NO6S2. The van der Waals surface area contributed by atoms with Gasteiger partial charge in [-0.1, -0.05) is 6.92 Å². The predicted molar refractivity (Wildman–Crippen MR) is 73.2 cm³/mol. The summed E-state index contributed by atoms with van der Waals surface area (Å²) < 4.78 is 26.5. The number of sulfonamides is 1. The van der Waals surface area contributed by atoms with Crippen LogP contribution in [0.1, 0.15) is 18.2 Å². The van der Waals surface area contributed by atoms with Gasteiger partial charge in [-0.15, -0.1) is 11.3 Å². The Morgan fingerprint density at radius 1 is 1.35 bits per heavy atom. The normalized spacial score (nSPS) is 12.6. The zero-order valence-corrected chi connectivity index (χ0v) is 12.5. The van der Waals surface area contributed by atoms with E-state index in [4.69, 9.17) is 5.11 Å². The molecule has 4 N–H and O–H groups in total. The van der Waals surface area contributed by atoms with E-state index in [0.717, 1.165) is 11.3 Å². The monoisotopic (exact) mass is 323 g/mol. The quantitative estimate of drug-likeness (QED) is 0.525. The van der Waals surface area contributed by atoms with Crippen molar-refractivity contribution in [3.8, 4) is 0 Å². The molecule has 0 bridgehead atoms. The molecule has 1 rings (SSSR count). The van der Waals surface area contributed by atoms with E-state index >= 15 is 0 Å². The van der Waals surface area contributed by atoms with E-state index in [-0.39, 0.29) is 17.1 Å². The van der Waals surface area contributed by atoms with Crippen molar-refractivity contribution < 1.29 is 28.5 Å². The SMILES string of the molecule is CCC(CO)(CO)NS(=O)(=O)c1ccc(CC(=O)O)s1. The van der Waals surface area contributed by atoms with Gasteiger partial charge < -0.3 is 15.3 Å². The number of carboxylic acids is 1. The van der Waals surface area contributed by atoms with Crippen molar-refractivity contribution in [1.29, 1.82) is 0 Å². The van der Waals surface area contributed by atoms with Gasteiger partial charge in [-0.3, -0.25) is 4.79 Å². The Balaban J connectivity index is 2.99. The average molecular weight is 323 g/mol. The second kappa shape index (κ2) is 6.64. The second-order valence-electron chi connectivity index (χ2n) is 4.35. The fraction of sp³-hybridized carbons (Fsp3) is 0.545. The van der Waals surface area contributed by atoms with E-state index in [9.17, 15) is 23.4 Å². The topological polar surface area (TPSA) is 124 Å². The minimum absolute atomic E-state index is 0.0477. The number of aliphatic hydroxyl groups excluding tert-OH is 2. The molecule has 0 saturated carbocycles. The number of carboxylic acid groups (broad SMARTS) is 1. The van der Waals surface area contributed by atoms with Crippen molar-refractivity contribution in [1.82, 2.24) is 4.72 Å². The first-order valence-corrected chi connectivity index (χ1v) is 8.15. The van der Waals surface area contributed by atoms with E-state index in [1.165, 1.54) is 12.1 Å². The molecule has 9 heteroatoms. The molecule has 0 fully saturated rings. The number of carbonyl (C=O) groups is 1. The van der Waals surface area contributed by atoms with Crippen LogP contribution in [0.15, 0.2) is 16.3 Å². The molecule has 0 aromatic carbocycles. The van der Waals surface area contributed by atoms with Crippen molar-refractivity contribution >= 4 is 27.3 Å². The maximum Gasteiger partial charge on any atom is 0.308 e. The first kappa shape index (κ1) is 17.1. The van der Waals surface area contributed by atoms with Crippen LogP contribution in [-0.4, -0.2) is 48.5 Å². The fourth-order valence-corrected chi connectivity index (χ4v) is 4.29. The van der Waals surface area contributed by atoms with Crippen LogP contribution >= 0.6 is 11.3 Å². The molecule has 0 unspecified atom stereocenters. The first-order chi connectivity index (χ1) is 9.28. The Morgan fingerprint density at radius 2 is 1.95 bits per heavy atom. The van der Waals surface area contributed by atoms with Gasteiger partial charge in [0.05, 0.1) is 25.2 Å². The van der Waals surface area contributed by atoms with Gasteiger partial charge in [0.15, 0.2) is 0 Å². The van der Waals surface area contributed by atoms with Gasteiger partial charge in [-0.2, -0.15) is 4.72 Å². The summed E-state index contributed by atoms with van der Waals surface area (Å²) in [5, 5.41) is 27.2. The molecule has 114 valence electrons. The molecule has 7 nitrogen and oxygen atoms in total. The van der Waals surface area contributed by atoms with Gasteiger partial charge in [0.1, 0.15) is 4.21 Å². The van der Waals surface area contributed by atoms with Gasteiger partial charge >= 0.3 is 5.97 Å². The van der Waals surface area contributed by atoms with Gasteiger partial charge in [0.2, 0.25) is 0 Å². The van der Waals surface area contributed by atoms with E-state index in [1.807, 2.05) is 0 Å². The Labute approximate surface area is 120 Å². The fourth-order valence-electron chi connectivity index (χ4n) is 1.49. The van der Waals surface area contributed by atoms with E-state index in [2.05, 4.69) is 4.72 Å². The Morgan fingerprint density at radius 3 is 2.40 bits per heavy atom. The van der Waals surface area contributed by atoms with E-state index in [0.29, 0.717) is 4.88 Å². The van der Waals surface area contributed by atoms with Gasteiger partial charge in [0.25, 0.3) is 10.0 Å². The minimum atomic E-state index is -3.91. The van der Waals surface area contributed by atoms with Crippen LogP contribution < -0.4 is 4.72 Å². The van der Waals surface area contributed by atoms with Crippen LogP contribution in [0.2, 0.25) is 0 Å². The van der Waals surface area contributed by atoms with Crippen LogP contribution in [0.3, 0.4) is 0 Å². The summed E-state index contributed by atoms with van der Waals surface area (Å²) in [6.07, 6.45) is -0.0360. The predicted octanol–water partition coefficient (Wildman–Crippen LogP) is -0.213. The number of aliphatic hydroxyl groups is 2. The summed E-state index contributed by atoms with van der Waals surface area (Å²) >= 11 is 0.846. The highest BCUT2D eigenvalue weighted by atomic mass is 32.2. The molecule has 1 heterocycles. The standard InChI is InChI=1S/C11H17NO6S2/c1-2-11(6-13,7-14)12-20(17,18)10-4-3-8(19-10)5-9(15)16/h3-4,12-14H,2,5-7H2,1H3,(H,15,16). The van der Waals surface area contributed by atoms with Gasteiger partial charge in [0, 0.05) is 4.88 Å². The third kappa shape index (κ3) is 4.00. The maximum atomic E-state index is 12.2. The number of aliphatic carboxylic acids is 1. The molecule has 0 radical (unpaired) electrons. The highest BCUT2D eigenvalue weighted by Crippen LogP contribution is 2.24. The molecule has 1 aromatic heterocycles. The zero-order chi connectivity index (χ0) is 15.4. The van der Waals surface area contributed by atoms with Crippen molar-refractivity contribution in [3.63, 3.8) is 0 Å². The Hall–Kier alpha value is -1.00. The summed E-state index contributed by atoms with van der Waals surface area (Å²) in [6, 6.07) is 2.74. The number of thiophene rings is 1. The smallest absolute Gasteiger partial charge is 0.308 e. The molecule has 1 aromatic rings. The van der Waals surface area contributed by atoms with Crippen LogP contribution in [-0.2, 0) is 21.2 Å². The van der Waals surface area contributed by atoms with Crippen molar-refractivity contribution in [3.05, 3.63) is 17.0 Å². The molecule has 0 aliphatic rings. The lowest BCUT2D eigenvalue weighted by molar-refractivity contribution is -0.136. The van der Waals surface area contributed by atoms with Gasteiger partial charge in [-0.05, 0) is 18.6 Å².